The van der Waals surface area contributed by atoms with Crippen LogP contribution in [-0.2, 0) is 34.6 Å². The number of thiophene rings is 1. The Kier molecular flexibility index (Phi) is 15.1. The third-order valence-electron chi connectivity index (χ3n) is 14.1. The van der Waals surface area contributed by atoms with Crippen LogP contribution >= 0.6 is 22.7 Å². The Morgan fingerprint density at radius 1 is 1.07 bits per heavy atom. The standard InChI is InChI=1S/C51H61N11O7S2/c1-30(2)44(49(66)62-27-34(64)21-39(62)48(65)55-25-32-10-12-33(13-11-32)46-38(28-63)56-29-70-46)40-23-43(59-68-40)67-20-6-5-17-60-18-8-19-61(31(3)26-60)50-54-16-14-36(57-50)37-22-42(69-58-37)51(4)15-7-9-41-45(51)35(24-52)47(53)71-41/h10-14,16,22-23,29-31,34,39,44,63-64H,5-9,15,17-21,25-28,53H2,1-4H3,(H,55,65)/t31-,34+,39-,44?,51+/m0/s1. The lowest BCUT2D eigenvalue weighted by atomic mass is 9.71. The normalized spacial score (nSPS) is 21.0. The number of rotatable bonds is 17. The van der Waals surface area contributed by atoms with Crippen molar-refractivity contribution in [2.75, 3.05) is 50.0 Å². The molecule has 2 fully saturated rings. The number of aromatic nitrogens is 5. The number of fused-ring (bicyclic) bond motifs is 1. The molecule has 1 aromatic carbocycles. The van der Waals surface area contributed by atoms with Gasteiger partial charge in [-0.3, -0.25) is 9.59 Å². The average molecular weight is 1000 g/mol. The predicted octanol–water partition coefficient (Wildman–Crippen LogP) is 6.67. The van der Waals surface area contributed by atoms with Crippen molar-refractivity contribution in [3.63, 3.8) is 0 Å². The molecular weight excluding hydrogens is 943 g/mol. The number of nitrogens with one attached hydrogen (secondary N) is 1. The first kappa shape index (κ1) is 49.7. The molecule has 0 bridgehead atoms. The fourth-order valence-electron chi connectivity index (χ4n) is 10.4. The maximum absolute atomic E-state index is 14.2. The summed E-state index contributed by atoms with van der Waals surface area (Å²) in [7, 11) is 0. The monoisotopic (exact) mass is 1000 g/mol. The first-order valence-electron chi connectivity index (χ1n) is 24.4. The number of hydrogen-bond donors (Lipinski definition) is 4. The van der Waals surface area contributed by atoms with Crippen LogP contribution in [0.15, 0.2) is 63.2 Å². The molecule has 2 aliphatic heterocycles. The van der Waals surface area contributed by atoms with Gasteiger partial charge in [-0.2, -0.15) is 5.26 Å². The highest BCUT2D eigenvalue weighted by Gasteiger charge is 2.44. The molecule has 0 spiro atoms. The fourth-order valence-corrected chi connectivity index (χ4v) is 12.4. The van der Waals surface area contributed by atoms with Crippen molar-refractivity contribution in [3.05, 3.63) is 93.0 Å². The molecule has 0 saturated carbocycles. The molecule has 1 unspecified atom stereocenters. The Morgan fingerprint density at radius 3 is 2.69 bits per heavy atom. The second-order valence-corrected chi connectivity index (χ2v) is 21.4. The van der Waals surface area contributed by atoms with Crippen molar-refractivity contribution in [2.24, 2.45) is 5.92 Å². The van der Waals surface area contributed by atoms with Gasteiger partial charge in [0.05, 0.1) is 52.1 Å². The Hall–Kier alpha value is -6.24. The van der Waals surface area contributed by atoms with Crippen LogP contribution in [0.1, 0.15) is 111 Å². The highest BCUT2D eigenvalue weighted by Crippen LogP contribution is 2.49. The van der Waals surface area contributed by atoms with Gasteiger partial charge in [0.25, 0.3) is 5.88 Å². The summed E-state index contributed by atoms with van der Waals surface area (Å²) in [6.07, 6.45) is 6.40. The van der Waals surface area contributed by atoms with Crippen molar-refractivity contribution in [1.82, 2.24) is 40.4 Å². The average Bonchev–Trinajstić information content (AvgIpc) is 4.23. The molecule has 374 valence electrons. The zero-order chi connectivity index (χ0) is 49.8. The molecule has 18 nitrogen and oxygen atoms in total. The highest BCUT2D eigenvalue weighted by molar-refractivity contribution is 7.16. The van der Waals surface area contributed by atoms with Gasteiger partial charge in [-0.25, -0.2) is 15.0 Å². The molecule has 5 aromatic heterocycles. The van der Waals surface area contributed by atoms with Gasteiger partial charge in [-0.1, -0.05) is 43.3 Å². The highest BCUT2D eigenvalue weighted by atomic mass is 32.1. The number of nitriles is 1. The second-order valence-electron chi connectivity index (χ2n) is 19.4. The molecule has 3 aliphatic rings. The summed E-state index contributed by atoms with van der Waals surface area (Å²) in [6, 6.07) is 14.8. The number of amides is 2. The Balaban J connectivity index is 0.743. The zero-order valence-electron chi connectivity index (χ0n) is 40.5. The second kappa shape index (κ2) is 21.6. The van der Waals surface area contributed by atoms with E-state index < -0.39 is 23.5 Å². The summed E-state index contributed by atoms with van der Waals surface area (Å²) < 4.78 is 17.7. The van der Waals surface area contributed by atoms with Crippen molar-refractivity contribution in [3.8, 4) is 33.8 Å². The van der Waals surface area contributed by atoms with Crippen molar-refractivity contribution in [2.45, 2.75) is 115 Å². The summed E-state index contributed by atoms with van der Waals surface area (Å²) >= 11 is 2.95. The number of carbonyl (C=O) groups is 2. The minimum Gasteiger partial charge on any atom is -0.476 e. The molecule has 9 rings (SSSR count). The van der Waals surface area contributed by atoms with E-state index in [1.165, 1.54) is 27.6 Å². The van der Waals surface area contributed by atoms with Crippen LogP contribution in [0.2, 0.25) is 0 Å². The number of aliphatic hydroxyl groups excluding tert-OH is 2. The van der Waals surface area contributed by atoms with E-state index in [2.05, 4.69) is 55.3 Å². The number of benzene rings is 1. The summed E-state index contributed by atoms with van der Waals surface area (Å²) in [6.45, 7) is 12.2. The Labute approximate surface area is 420 Å². The number of nitrogens with two attached hydrogens (primary N) is 1. The van der Waals surface area contributed by atoms with Gasteiger partial charge in [0.15, 0.2) is 5.76 Å². The number of carbonyl (C=O) groups excluding carboxylic acids is 2. The third-order valence-corrected chi connectivity index (χ3v) is 16.1. The first-order chi connectivity index (χ1) is 34.3. The van der Waals surface area contributed by atoms with Gasteiger partial charge in [0.1, 0.15) is 34.5 Å². The van der Waals surface area contributed by atoms with Crippen LogP contribution in [-0.4, -0.2) is 115 Å². The number of hydrogen-bond acceptors (Lipinski definition) is 18. The molecule has 5 atom stereocenters. The SMILES string of the molecule is CC(C)C(C(=O)N1C[C@H](O)C[C@H]1C(=O)NCc1ccc(-c2scnc2CO)cc1)c1cc(OCCCCN2CCCN(c3nccc(-c4cc([C@@]5(C)CCCc6sc(N)c(C#N)c65)on4)n3)[C@@H](C)C2)no1. The number of β-amino-alcohol motifs (C(OH)–C–C–N with tert-alkyl or cyclic N) is 1. The number of aliphatic hydroxyl groups is 2. The van der Waals surface area contributed by atoms with E-state index in [0.29, 0.717) is 57.6 Å². The number of likely N-dealkylation sites (tertiary alicyclic amines) is 1. The molecule has 2 amide bonds. The van der Waals surface area contributed by atoms with Gasteiger partial charge in [0, 0.05) is 61.8 Å². The summed E-state index contributed by atoms with van der Waals surface area (Å²) in [5.74, 6) is 0.411. The number of ether oxygens (including phenoxy) is 1. The largest absolute Gasteiger partial charge is 0.476 e. The van der Waals surface area contributed by atoms with Gasteiger partial charge >= 0.3 is 0 Å². The van der Waals surface area contributed by atoms with Crippen LogP contribution < -0.4 is 20.7 Å². The van der Waals surface area contributed by atoms with E-state index in [1.807, 2.05) is 50.2 Å². The molecular formula is C51H61N11O7S2. The predicted molar refractivity (Wildman–Crippen MR) is 268 cm³/mol. The van der Waals surface area contributed by atoms with E-state index in [0.717, 1.165) is 91.1 Å². The van der Waals surface area contributed by atoms with Crippen molar-refractivity contribution >= 4 is 45.4 Å². The molecule has 6 aromatic rings. The number of thiazole rings is 1. The van der Waals surface area contributed by atoms with E-state index in [4.69, 9.17) is 24.5 Å². The summed E-state index contributed by atoms with van der Waals surface area (Å²) in [5, 5.41) is 42.3. The number of unbranched alkanes of at least 4 members (excludes halogenated alkanes) is 1. The minimum atomic E-state index is -0.844. The molecule has 5 N–H and O–H groups in total. The Morgan fingerprint density at radius 2 is 1.90 bits per heavy atom. The molecule has 0 radical (unpaired) electrons. The minimum absolute atomic E-state index is 0.0362. The van der Waals surface area contributed by atoms with Crippen molar-refractivity contribution < 1.29 is 33.6 Å². The molecule has 20 heteroatoms. The van der Waals surface area contributed by atoms with Crippen LogP contribution in [0, 0.1) is 17.2 Å². The maximum Gasteiger partial charge on any atom is 0.254 e. The van der Waals surface area contributed by atoms with Gasteiger partial charge in [-0.05, 0) is 99.3 Å². The fraction of sp³-hybridized carbons (Fsp3) is 0.490. The number of anilines is 2. The van der Waals surface area contributed by atoms with E-state index >= 15 is 0 Å². The van der Waals surface area contributed by atoms with Crippen LogP contribution in [0.5, 0.6) is 5.88 Å². The number of nitrogen functional groups attached to an aromatic ring is 1. The maximum atomic E-state index is 14.2. The van der Waals surface area contributed by atoms with Gasteiger partial charge in [-0.15, -0.1) is 22.7 Å². The lowest BCUT2D eigenvalue weighted by Crippen LogP contribution is -2.48. The molecule has 2 saturated heterocycles. The smallest absolute Gasteiger partial charge is 0.254 e. The van der Waals surface area contributed by atoms with E-state index in [-0.39, 0.29) is 49.9 Å². The summed E-state index contributed by atoms with van der Waals surface area (Å²) in [5.41, 5.74) is 12.7. The number of nitrogens with zero attached hydrogens (tertiary/aromatic N) is 9. The molecule has 1 aliphatic carbocycles. The van der Waals surface area contributed by atoms with E-state index in [1.54, 1.807) is 17.8 Å². The zero-order valence-corrected chi connectivity index (χ0v) is 42.2. The summed E-state index contributed by atoms with van der Waals surface area (Å²) in [4.78, 5) is 49.8. The van der Waals surface area contributed by atoms with Crippen molar-refractivity contribution in [1.29, 1.82) is 5.26 Å². The lowest BCUT2D eigenvalue weighted by Gasteiger charge is -2.31. The number of aryl methyl sites for hydroxylation is 1. The quantitative estimate of drug-likeness (QED) is 0.0697. The third kappa shape index (κ3) is 10.6. The van der Waals surface area contributed by atoms with Crippen LogP contribution in [0.25, 0.3) is 21.8 Å². The van der Waals surface area contributed by atoms with Gasteiger partial charge in [0.2, 0.25) is 17.8 Å². The topological polar surface area (TPSA) is 246 Å². The van der Waals surface area contributed by atoms with Crippen LogP contribution in [0.4, 0.5) is 10.9 Å². The Bertz CT molecular complexity index is 2850. The lowest BCUT2D eigenvalue weighted by molar-refractivity contribution is -0.141. The van der Waals surface area contributed by atoms with Gasteiger partial charge < -0.3 is 49.7 Å². The molecule has 7 heterocycles. The molecule has 71 heavy (non-hydrogen) atoms. The van der Waals surface area contributed by atoms with E-state index in [9.17, 15) is 25.1 Å². The first-order valence-corrected chi connectivity index (χ1v) is 26.1. The van der Waals surface area contributed by atoms with Crippen LogP contribution in [0.3, 0.4) is 0 Å².